The Morgan fingerprint density at radius 2 is 2.12 bits per heavy atom. The highest BCUT2D eigenvalue weighted by molar-refractivity contribution is 7.71. The summed E-state index contributed by atoms with van der Waals surface area (Å²) in [6.45, 7) is 0.301. The van der Waals surface area contributed by atoms with Gasteiger partial charge in [0.25, 0.3) is 4.84 Å². The molecule has 2 N–H and O–H groups in total. The van der Waals surface area contributed by atoms with E-state index in [0.29, 0.717) is 12.3 Å². The molecule has 17 heavy (non-hydrogen) atoms. The summed E-state index contributed by atoms with van der Waals surface area (Å²) < 4.78 is 10.6. The number of aliphatic hydroxyl groups excluding tert-OH is 1. The standard InChI is InChI=1S/C12H13NO3S/c14-6-11(10-8-16-12(17)13-10)15-7-9-4-2-1-3-5-9/h1-5,8,11,14H,6-7H2,(H,13,17)/t11-/m0/s1. The van der Waals surface area contributed by atoms with Gasteiger partial charge in [-0.3, -0.25) is 0 Å². The zero-order chi connectivity index (χ0) is 12.1. The number of H-pyrrole nitrogens is 1. The van der Waals surface area contributed by atoms with Crippen molar-refractivity contribution in [1.82, 2.24) is 4.98 Å². The van der Waals surface area contributed by atoms with Gasteiger partial charge in [-0.2, -0.15) is 0 Å². The average Bonchev–Trinajstić information content (AvgIpc) is 2.78. The lowest BCUT2D eigenvalue weighted by Gasteiger charge is -2.13. The lowest BCUT2D eigenvalue weighted by Crippen LogP contribution is -2.09. The van der Waals surface area contributed by atoms with Crippen LogP contribution in [0.5, 0.6) is 0 Å². The summed E-state index contributed by atoms with van der Waals surface area (Å²) in [4.78, 5) is 3.11. The van der Waals surface area contributed by atoms with E-state index in [1.807, 2.05) is 30.3 Å². The maximum atomic E-state index is 9.25. The minimum atomic E-state index is -0.448. The zero-order valence-corrected chi connectivity index (χ0v) is 9.94. The zero-order valence-electron chi connectivity index (χ0n) is 9.13. The van der Waals surface area contributed by atoms with Gasteiger partial charge in [0.15, 0.2) is 0 Å². The monoisotopic (exact) mass is 251 g/mol. The molecule has 2 aromatic rings. The number of oxazole rings is 1. The first kappa shape index (κ1) is 12.0. The first-order chi connectivity index (χ1) is 8.29. The van der Waals surface area contributed by atoms with Crippen molar-refractivity contribution in [1.29, 1.82) is 0 Å². The molecule has 0 saturated carbocycles. The van der Waals surface area contributed by atoms with Gasteiger partial charge in [-0.1, -0.05) is 30.3 Å². The smallest absolute Gasteiger partial charge is 0.266 e. The quantitative estimate of drug-likeness (QED) is 0.802. The predicted molar refractivity (Wildman–Crippen MR) is 65.0 cm³/mol. The van der Waals surface area contributed by atoms with Crippen LogP contribution in [0.3, 0.4) is 0 Å². The van der Waals surface area contributed by atoms with Crippen molar-refractivity contribution in [2.75, 3.05) is 6.61 Å². The molecule has 90 valence electrons. The third kappa shape index (κ3) is 3.26. The van der Waals surface area contributed by atoms with Crippen LogP contribution in [0.15, 0.2) is 41.0 Å². The van der Waals surface area contributed by atoms with E-state index in [2.05, 4.69) is 4.98 Å². The van der Waals surface area contributed by atoms with Crippen molar-refractivity contribution in [2.45, 2.75) is 12.7 Å². The second kappa shape index (κ2) is 5.77. The fourth-order valence-corrected chi connectivity index (χ4v) is 1.63. The van der Waals surface area contributed by atoms with Gasteiger partial charge in [0.1, 0.15) is 12.4 Å². The van der Waals surface area contributed by atoms with Crippen molar-refractivity contribution in [3.8, 4) is 0 Å². The molecule has 1 heterocycles. The van der Waals surface area contributed by atoms with Crippen LogP contribution in [0.1, 0.15) is 17.4 Å². The molecule has 0 radical (unpaired) electrons. The lowest BCUT2D eigenvalue weighted by molar-refractivity contribution is -0.00147. The molecular weight excluding hydrogens is 238 g/mol. The number of hydrogen-bond donors (Lipinski definition) is 2. The van der Waals surface area contributed by atoms with Gasteiger partial charge in [0, 0.05) is 0 Å². The molecule has 0 saturated heterocycles. The number of nitrogens with one attached hydrogen (secondary N) is 1. The summed E-state index contributed by atoms with van der Waals surface area (Å²) in [5.41, 5.74) is 1.70. The maximum absolute atomic E-state index is 9.25. The van der Waals surface area contributed by atoms with Crippen LogP contribution in [0.2, 0.25) is 0 Å². The highest BCUT2D eigenvalue weighted by Gasteiger charge is 2.13. The van der Waals surface area contributed by atoms with E-state index in [1.165, 1.54) is 6.26 Å². The Labute approximate surface area is 104 Å². The Morgan fingerprint density at radius 1 is 1.35 bits per heavy atom. The van der Waals surface area contributed by atoms with Crippen LogP contribution in [0, 0.1) is 4.84 Å². The van der Waals surface area contributed by atoms with Crippen molar-refractivity contribution >= 4 is 12.2 Å². The van der Waals surface area contributed by atoms with Gasteiger partial charge in [0.2, 0.25) is 0 Å². The number of aliphatic hydroxyl groups is 1. The molecule has 0 spiro atoms. The molecule has 1 aromatic carbocycles. The van der Waals surface area contributed by atoms with Crippen LogP contribution in [0.25, 0.3) is 0 Å². The summed E-state index contributed by atoms with van der Waals surface area (Å²) >= 11 is 4.82. The molecule has 0 amide bonds. The molecule has 0 bridgehead atoms. The van der Waals surface area contributed by atoms with Gasteiger partial charge in [-0.05, 0) is 17.8 Å². The van der Waals surface area contributed by atoms with E-state index in [0.717, 1.165) is 5.56 Å². The molecule has 0 aliphatic carbocycles. The summed E-state index contributed by atoms with van der Waals surface area (Å²) in [5, 5.41) is 9.25. The van der Waals surface area contributed by atoms with E-state index in [4.69, 9.17) is 21.4 Å². The van der Waals surface area contributed by atoms with Gasteiger partial charge < -0.3 is 19.2 Å². The Bertz CT molecular complexity index is 506. The molecule has 4 nitrogen and oxygen atoms in total. The molecule has 1 aromatic heterocycles. The Kier molecular flexibility index (Phi) is 4.08. The highest BCUT2D eigenvalue weighted by atomic mass is 32.1. The third-order valence-corrected chi connectivity index (χ3v) is 2.54. The van der Waals surface area contributed by atoms with Gasteiger partial charge >= 0.3 is 0 Å². The third-order valence-electron chi connectivity index (χ3n) is 2.35. The number of hydrogen-bond acceptors (Lipinski definition) is 4. The number of benzene rings is 1. The highest BCUT2D eigenvalue weighted by Crippen LogP contribution is 2.17. The SMILES string of the molecule is OC[C@H](OCc1ccccc1)c1coc(=S)[nH]1. The van der Waals surface area contributed by atoms with E-state index in [1.54, 1.807) is 0 Å². The lowest BCUT2D eigenvalue weighted by atomic mass is 10.2. The minimum Gasteiger partial charge on any atom is -0.438 e. The molecule has 0 fully saturated rings. The second-order valence-electron chi connectivity index (χ2n) is 3.57. The van der Waals surface area contributed by atoms with E-state index < -0.39 is 6.10 Å². The molecule has 2 rings (SSSR count). The van der Waals surface area contributed by atoms with Crippen molar-refractivity contribution in [3.05, 3.63) is 52.7 Å². The van der Waals surface area contributed by atoms with Gasteiger partial charge in [0.05, 0.1) is 18.9 Å². The molecule has 0 aliphatic heterocycles. The van der Waals surface area contributed by atoms with Gasteiger partial charge in [-0.25, -0.2) is 0 Å². The summed E-state index contributed by atoms with van der Waals surface area (Å²) in [7, 11) is 0. The van der Waals surface area contributed by atoms with E-state index in [-0.39, 0.29) is 11.4 Å². The minimum absolute atomic E-state index is 0.127. The number of ether oxygens (including phenoxy) is 1. The van der Waals surface area contributed by atoms with Crippen molar-refractivity contribution < 1.29 is 14.3 Å². The number of aromatic amines is 1. The Balaban J connectivity index is 1.99. The summed E-state index contributed by atoms with van der Waals surface area (Å²) in [6, 6.07) is 9.76. The fraction of sp³-hybridized carbons (Fsp3) is 0.250. The summed E-state index contributed by atoms with van der Waals surface area (Å²) in [5.74, 6) is 0. The van der Waals surface area contributed by atoms with E-state index >= 15 is 0 Å². The molecule has 0 aliphatic rings. The fourth-order valence-electron chi connectivity index (χ4n) is 1.46. The van der Waals surface area contributed by atoms with Crippen LogP contribution in [0.4, 0.5) is 0 Å². The molecule has 5 heteroatoms. The van der Waals surface area contributed by atoms with Gasteiger partial charge in [-0.15, -0.1) is 0 Å². The van der Waals surface area contributed by atoms with Crippen molar-refractivity contribution in [2.24, 2.45) is 0 Å². The number of rotatable bonds is 5. The Hall–Kier alpha value is -1.43. The van der Waals surface area contributed by atoms with Crippen LogP contribution in [-0.4, -0.2) is 16.7 Å². The maximum Gasteiger partial charge on any atom is 0.266 e. The van der Waals surface area contributed by atoms with Crippen LogP contribution in [-0.2, 0) is 11.3 Å². The normalized spacial score (nSPS) is 12.5. The largest absolute Gasteiger partial charge is 0.438 e. The molecule has 1 atom stereocenters. The summed E-state index contributed by atoms with van der Waals surface area (Å²) in [6.07, 6.45) is 1.02. The predicted octanol–water partition coefficient (Wildman–Crippen LogP) is 2.59. The van der Waals surface area contributed by atoms with E-state index in [9.17, 15) is 5.11 Å². The number of aromatic nitrogens is 1. The first-order valence-corrected chi connectivity index (χ1v) is 5.64. The van der Waals surface area contributed by atoms with Crippen molar-refractivity contribution in [3.63, 3.8) is 0 Å². The van der Waals surface area contributed by atoms with Crippen LogP contribution < -0.4 is 0 Å². The molecular formula is C12H13NO3S. The average molecular weight is 251 g/mol. The van der Waals surface area contributed by atoms with Crippen LogP contribution >= 0.6 is 12.2 Å². The first-order valence-electron chi connectivity index (χ1n) is 5.23. The second-order valence-corrected chi connectivity index (χ2v) is 3.94. The Morgan fingerprint density at radius 3 is 2.71 bits per heavy atom. The topological polar surface area (TPSA) is 58.4 Å². The molecule has 0 unspecified atom stereocenters.